The van der Waals surface area contributed by atoms with Gasteiger partial charge in [-0.25, -0.2) is 0 Å². The average molecular weight is 418 g/mol. The molecule has 1 fully saturated rings. The molecule has 1 heterocycles. The Morgan fingerprint density at radius 3 is 2.65 bits per heavy atom. The molecular formula is C22H32BrN3. The minimum atomic E-state index is 0.582. The molecule has 0 radical (unpaired) electrons. The van der Waals surface area contributed by atoms with Crippen molar-refractivity contribution in [2.45, 2.75) is 57.9 Å². The van der Waals surface area contributed by atoms with Crippen LogP contribution in [0, 0.1) is 5.92 Å². The topological polar surface area (TPSA) is 28.2 Å². The number of halogens is 1. The third kappa shape index (κ3) is 4.98. The fraction of sp³-hybridized carbons (Fsp3) is 0.591. The van der Waals surface area contributed by atoms with Gasteiger partial charge in [0, 0.05) is 34.3 Å². The maximum absolute atomic E-state index is 4.71. The lowest BCUT2D eigenvalue weighted by molar-refractivity contribution is 0.255. The summed E-state index contributed by atoms with van der Waals surface area (Å²) in [7, 11) is 4.37. The van der Waals surface area contributed by atoms with Crippen LogP contribution in [0.3, 0.4) is 0 Å². The molecule has 3 nitrogen and oxygen atoms in total. The van der Waals surface area contributed by atoms with Crippen molar-refractivity contribution in [1.82, 2.24) is 9.88 Å². The zero-order valence-electron chi connectivity index (χ0n) is 16.4. The quantitative estimate of drug-likeness (QED) is 0.609. The second-order valence-electron chi connectivity index (χ2n) is 8.05. The third-order valence-electron chi connectivity index (χ3n) is 5.53. The highest BCUT2D eigenvalue weighted by Gasteiger charge is 2.22. The van der Waals surface area contributed by atoms with E-state index in [0.717, 1.165) is 22.3 Å². The first-order valence-electron chi connectivity index (χ1n) is 10.0. The second-order valence-corrected chi connectivity index (χ2v) is 8.96. The van der Waals surface area contributed by atoms with Gasteiger partial charge in [0.1, 0.15) is 0 Å². The van der Waals surface area contributed by atoms with Crippen LogP contribution in [0.1, 0.15) is 51.0 Å². The van der Waals surface area contributed by atoms with E-state index in [1.54, 1.807) is 0 Å². The number of fused-ring (bicyclic) bond motifs is 1. The maximum atomic E-state index is 4.71. The molecule has 0 aliphatic heterocycles. The Hall–Kier alpha value is -1.13. The number of aryl methyl sites for hydroxylation is 1. The molecular weight excluding hydrogens is 386 g/mol. The van der Waals surface area contributed by atoms with Gasteiger partial charge >= 0.3 is 0 Å². The summed E-state index contributed by atoms with van der Waals surface area (Å²) in [6.45, 7) is 3.48. The first-order chi connectivity index (χ1) is 12.6. The number of pyridine rings is 1. The van der Waals surface area contributed by atoms with Crippen LogP contribution in [-0.4, -0.2) is 36.6 Å². The molecule has 26 heavy (non-hydrogen) atoms. The summed E-state index contributed by atoms with van der Waals surface area (Å²) in [6, 6.07) is 7.00. The van der Waals surface area contributed by atoms with Crippen LogP contribution in [0.2, 0.25) is 0 Å². The number of hydrogen-bond acceptors (Lipinski definition) is 3. The van der Waals surface area contributed by atoms with Crippen molar-refractivity contribution in [2.24, 2.45) is 5.92 Å². The largest absolute Gasteiger partial charge is 0.381 e. The van der Waals surface area contributed by atoms with Crippen LogP contribution in [0.25, 0.3) is 10.9 Å². The first kappa shape index (κ1) is 19.6. The van der Waals surface area contributed by atoms with E-state index in [9.17, 15) is 0 Å². The SMILES string of the molecule is CCCCc1cnc2ccc(Br)cc2c1NC1CCC(CN(C)C)CC1. The number of unbranched alkanes of at least 4 members (excludes halogenated alkanes) is 1. The molecule has 1 aromatic carbocycles. The lowest BCUT2D eigenvalue weighted by Gasteiger charge is -2.32. The van der Waals surface area contributed by atoms with E-state index in [0.29, 0.717) is 6.04 Å². The van der Waals surface area contributed by atoms with Crippen molar-refractivity contribution in [1.29, 1.82) is 0 Å². The number of rotatable bonds is 7. The van der Waals surface area contributed by atoms with E-state index in [2.05, 4.69) is 71.6 Å². The molecule has 1 saturated carbocycles. The summed E-state index contributed by atoms with van der Waals surface area (Å²) in [5, 5.41) is 5.18. The summed E-state index contributed by atoms with van der Waals surface area (Å²) in [4.78, 5) is 7.04. The fourth-order valence-corrected chi connectivity index (χ4v) is 4.50. The lowest BCUT2D eigenvalue weighted by atomic mass is 9.85. The van der Waals surface area contributed by atoms with E-state index in [1.807, 2.05) is 0 Å². The number of anilines is 1. The molecule has 0 bridgehead atoms. The van der Waals surface area contributed by atoms with E-state index in [-0.39, 0.29) is 0 Å². The Labute approximate surface area is 166 Å². The van der Waals surface area contributed by atoms with Crippen LogP contribution in [0.5, 0.6) is 0 Å². The van der Waals surface area contributed by atoms with Crippen LogP contribution in [-0.2, 0) is 6.42 Å². The number of hydrogen-bond donors (Lipinski definition) is 1. The molecule has 0 amide bonds. The molecule has 0 saturated heterocycles. The zero-order valence-corrected chi connectivity index (χ0v) is 18.0. The molecule has 142 valence electrons. The summed E-state index contributed by atoms with van der Waals surface area (Å²) < 4.78 is 1.12. The molecule has 1 aliphatic rings. The molecule has 0 spiro atoms. The highest BCUT2D eigenvalue weighted by molar-refractivity contribution is 9.10. The highest BCUT2D eigenvalue weighted by atomic mass is 79.9. The van der Waals surface area contributed by atoms with Crippen LogP contribution >= 0.6 is 15.9 Å². The summed E-state index contributed by atoms with van der Waals surface area (Å²) in [5.74, 6) is 0.853. The molecule has 1 aliphatic carbocycles. The second kappa shape index (κ2) is 9.18. The maximum Gasteiger partial charge on any atom is 0.0723 e. The molecule has 0 atom stereocenters. The van der Waals surface area contributed by atoms with Gasteiger partial charge in [-0.2, -0.15) is 0 Å². The Kier molecular flexibility index (Phi) is 6.93. The lowest BCUT2D eigenvalue weighted by Crippen LogP contribution is -2.31. The monoisotopic (exact) mass is 417 g/mol. The van der Waals surface area contributed by atoms with Crippen molar-refractivity contribution < 1.29 is 0 Å². The molecule has 0 unspecified atom stereocenters. The summed E-state index contributed by atoms with van der Waals surface area (Å²) in [5.41, 5.74) is 3.77. The predicted molar refractivity (Wildman–Crippen MR) is 116 cm³/mol. The van der Waals surface area contributed by atoms with E-state index in [1.165, 1.54) is 61.7 Å². The number of benzene rings is 1. The van der Waals surface area contributed by atoms with E-state index < -0.39 is 0 Å². The van der Waals surface area contributed by atoms with Gasteiger partial charge in [-0.1, -0.05) is 29.3 Å². The molecule has 3 rings (SSSR count). The number of nitrogens with one attached hydrogen (secondary N) is 1. The number of nitrogens with zero attached hydrogens (tertiary/aromatic N) is 2. The summed E-state index contributed by atoms with van der Waals surface area (Å²) >= 11 is 3.64. The summed E-state index contributed by atoms with van der Waals surface area (Å²) in [6.07, 6.45) is 10.8. The Bertz CT molecular complexity index is 721. The molecule has 2 aromatic rings. The zero-order chi connectivity index (χ0) is 18.5. The van der Waals surface area contributed by atoms with Gasteiger partial charge in [0.25, 0.3) is 0 Å². The van der Waals surface area contributed by atoms with E-state index in [4.69, 9.17) is 4.98 Å². The van der Waals surface area contributed by atoms with Crippen LogP contribution in [0.4, 0.5) is 5.69 Å². The average Bonchev–Trinajstić information content (AvgIpc) is 2.62. The Balaban J connectivity index is 1.80. The van der Waals surface area contributed by atoms with Crippen LogP contribution in [0.15, 0.2) is 28.9 Å². The van der Waals surface area contributed by atoms with Gasteiger partial charge in [-0.15, -0.1) is 0 Å². The molecule has 1 N–H and O–H groups in total. The normalized spacial score (nSPS) is 20.7. The van der Waals surface area contributed by atoms with E-state index >= 15 is 0 Å². The van der Waals surface area contributed by atoms with Crippen molar-refractivity contribution in [2.75, 3.05) is 26.0 Å². The van der Waals surface area contributed by atoms with Crippen LogP contribution < -0.4 is 5.32 Å². The van der Waals surface area contributed by atoms with Gasteiger partial charge in [0.05, 0.1) is 5.52 Å². The van der Waals surface area contributed by atoms with Gasteiger partial charge in [0.15, 0.2) is 0 Å². The smallest absolute Gasteiger partial charge is 0.0723 e. The Morgan fingerprint density at radius 2 is 1.96 bits per heavy atom. The first-order valence-corrected chi connectivity index (χ1v) is 10.8. The van der Waals surface area contributed by atoms with Crippen molar-refractivity contribution in [3.63, 3.8) is 0 Å². The van der Waals surface area contributed by atoms with Gasteiger partial charge in [-0.05, 0) is 82.3 Å². The predicted octanol–water partition coefficient (Wildman–Crippen LogP) is 5.87. The number of aromatic nitrogens is 1. The minimum absolute atomic E-state index is 0.582. The van der Waals surface area contributed by atoms with Gasteiger partial charge < -0.3 is 10.2 Å². The Morgan fingerprint density at radius 1 is 1.19 bits per heavy atom. The van der Waals surface area contributed by atoms with Crippen molar-refractivity contribution in [3.8, 4) is 0 Å². The van der Waals surface area contributed by atoms with Gasteiger partial charge in [0.2, 0.25) is 0 Å². The van der Waals surface area contributed by atoms with Crippen molar-refractivity contribution in [3.05, 3.63) is 34.4 Å². The fourth-order valence-electron chi connectivity index (χ4n) is 4.14. The standard InChI is InChI=1S/C22H32BrN3/c1-4-5-6-17-14-24-21-12-9-18(23)13-20(21)22(17)25-19-10-7-16(8-11-19)15-26(2)3/h9,12-14,16,19H,4-8,10-11,15H2,1-3H3,(H,24,25). The minimum Gasteiger partial charge on any atom is -0.381 e. The molecule has 1 aromatic heterocycles. The third-order valence-corrected chi connectivity index (χ3v) is 6.02. The molecule has 4 heteroatoms. The van der Waals surface area contributed by atoms with Crippen molar-refractivity contribution >= 4 is 32.5 Å². The highest BCUT2D eigenvalue weighted by Crippen LogP contribution is 2.33. The van der Waals surface area contributed by atoms with Gasteiger partial charge in [-0.3, -0.25) is 4.98 Å².